The molecule has 39 heavy (non-hydrogen) atoms. The minimum atomic E-state index is -0.899. The summed E-state index contributed by atoms with van der Waals surface area (Å²) in [6.45, 7) is 1.90. The van der Waals surface area contributed by atoms with E-state index < -0.39 is 23.8 Å². The molecule has 0 spiro atoms. The van der Waals surface area contributed by atoms with Crippen molar-refractivity contribution in [3.05, 3.63) is 119 Å². The Balaban J connectivity index is 1.57. The summed E-state index contributed by atoms with van der Waals surface area (Å²) in [4.78, 5) is 52.0. The van der Waals surface area contributed by atoms with Crippen molar-refractivity contribution < 1.29 is 28.3 Å². The molecule has 0 saturated carbocycles. The second-order valence-corrected chi connectivity index (χ2v) is 8.89. The maximum absolute atomic E-state index is 13.9. The van der Waals surface area contributed by atoms with Crippen LogP contribution in [0.4, 0.5) is 14.9 Å². The molecule has 1 aliphatic rings. The molecule has 1 N–H and O–H groups in total. The molecule has 0 aliphatic carbocycles. The summed E-state index contributed by atoms with van der Waals surface area (Å²) in [5, 5.41) is 3.91. The van der Waals surface area contributed by atoms with Crippen LogP contribution in [0.3, 0.4) is 0 Å². The Morgan fingerprint density at radius 2 is 1.72 bits per heavy atom. The van der Waals surface area contributed by atoms with Gasteiger partial charge in [0.25, 0.3) is 11.8 Å². The molecule has 1 heterocycles. The first kappa shape index (κ1) is 25.5. The van der Waals surface area contributed by atoms with E-state index in [0.29, 0.717) is 12.0 Å². The Morgan fingerprint density at radius 3 is 2.46 bits per heavy atom. The molecule has 7 nitrogen and oxygen atoms in total. The van der Waals surface area contributed by atoms with Gasteiger partial charge in [-0.25, -0.2) is 18.9 Å². The number of amides is 4. The SMILES string of the molecule is CCOC(=O)c1ccc(N2C(=O)NC(=O)/C(=C\c3c(Cc4cccc(F)c4)ccc4ccccc34)C2=O)cc1. The average molecular weight is 523 g/mol. The molecule has 8 heteroatoms. The van der Waals surface area contributed by atoms with Gasteiger partial charge >= 0.3 is 12.0 Å². The van der Waals surface area contributed by atoms with Gasteiger partial charge in [0.2, 0.25) is 0 Å². The van der Waals surface area contributed by atoms with E-state index in [1.165, 1.54) is 42.5 Å². The van der Waals surface area contributed by atoms with Crippen molar-refractivity contribution in [1.29, 1.82) is 0 Å². The second kappa shape index (κ2) is 10.7. The van der Waals surface area contributed by atoms with Crippen molar-refractivity contribution in [2.45, 2.75) is 13.3 Å². The first-order valence-corrected chi connectivity index (χ1v) is 12.3. The number of hydrogen-bond acceptors (Lipinski definition) is 5. The maximum atomic E-state index is 13.9. The molecular weight excluding hydrogens is 499 g/mol. The molecule has 1 aliphatic heterocycles. The highest BCUT2D eigenvalue weighted by Gasteiger charge is 2.37. The van der Waals surface area contributed by atoms with Crippen LogP contribution < -0.4 is 10.2 Å². The highest BCUT2D eigenvalue weighted by molar-refractivity contribution is 6.39. The van der Waals surface area contributed by atoms with Crippen molar-refractivity contribution >= 4 is 46.4 Å². The molecule has 0 radical (unpaired) electrons. The molecule has 0 aromatic heterocycles. The van der Waals surface area contributed by atoms with Crippen molar-refractivity contribution in [1.82, 2.24) is 5.32 Å². The topological polar surface area (TPSA) is 92.8 Å². The minimum absolute atomic E-state index is 0.182. The van der Waals surface area contributed by atoms with Crippen molar-refractivity contribution in [2.75, 3.05) is 11.5 Å². The van der Waals surface area contributed by atoms with E-state index in [-0.39, 0.29) is 29.2 Å². The summed E-state index contributed by atoms with van der Waals surface area (Å²) < 4.78 is 18.8. The van der Waals surface area contributed by atoms with Crippen LogP contribution in [0, 0.1) is 5.82 Å². The Kier molecular flexibility index (Phi) is 7.01. The number of carbonyl (C=O) groups is 4. The van der Waals surface area contributed by atoms with Crippen LogP contribution in [0.5, 0.6) is 0 Å². The van der Waals surface area contributed by atoms with Gasteiger partial charge in [-0.3, -0.25) is 14.9 Å². The Labute approximate surface area is 223 Å². The lowest BCUT2D eigenvalue weighted by atomic mass is 9.92. The smallest absolute Gasteiger partial charge is 0.338 e. The minimum Gasteiger partial charge on any atom is -0.462 e. The van der Waals surface area contributed by atoms with Crippen LogP contribution in [0.2, 0.25) is 0 Å². The summed E-state index contributed by atoms with van der Waals surface area (Å²) in [7, 11) is 0. The van der Waals surface area contributed by atoms with Gasteiger partial charge in [0, 0.05) is 0 Å². The number of ether oxygens (including phenoxy) is 1. The largest absolute Gasteiger partial charge is 0.462 e. The van der Waals surface area contributed by atoms with E-state index in [4.69, 9.17) is 4.74 Å². The number of urea groups is 1. The van der Waals surface area contributed by atoms with Crippen LogP contribution >= 0.6 is 0 Å². The first-order valence-electron chi connectivity index (χ1n) is 12.3. The normalized spacial score (nSPS) is 14.6. The number of benzene rings is 4. The second-order valence-electron chi connectivity index (χ2n) is 8.89. The number of halogens is 1. The third kappa shape index (κ3) is 5.17. The fraction of sp³-hybridized carbons (Fsp3) is 0.0968. The summed E-state index contributed by atoms with van der Waals surface area (Å²) in [5.41, 5.74) is 2.32. The first-order chi connectivity index (χ1) is 18.9. The van der Waals surface area contributed by atoms with Crippen molar-refractivity contribution in [2.24, 2.45) is 0 Å². The predicted octanol–water partition coefficient (Wildman–Crippen LogP) is 5.41. The van der Waals surface area contributed by atoms with E-state index >= 15 is 0 Å². The quantitative estimate of drug-likeness (QED) is 0.208. The summed E-state index contributed by atoms with van der Waals surface area (Å²) >= 11 is 0. The third-order valence-corrected chi connectivity index (χ3v) is 6.37. The van der Waals surface area contributed by atoms with Gasteiger partial charge < -0.3 is 4.74 Å². The lowest BCUT2D eigenvalue weighted by Gasteiger charge is -2.26. The molecule has 194 valence electrons. The van der Waals surface area contributed by atoms with E-state index in [2.05, 4.69) is 5.32 Å². The fourth-order valence-corrected chi connectivity index (χ4v) is 4.53. The number of rotatable bonds is 6. The van der Waals surface area contributed by atoms with Crippen LogP contribution in [0.15, 0.2) is 90.5 Å². The average Bonchev–Trinajstić information content (AvgIpc) is 2.92. The van der Waals surface area contributed by atoms with Crippen LogP contribution in [-0.2, 0) is 20.7 Å². The van der Waals surface area contributed by atoms with Crippen molar-refractivity contribution in [3.63, 3.8) is 0 Å². The van der Waals surface area contributed by atoms with Crippen LogP contribution in [0.1, 0.15) is 34.0 Å². The van der Waals surface area contributed by atoms with Gasteiger partial charge in [-0.15, -0.1) is 0 Å². The Morgan fingerprint density at radius 1 is 0.949 bits per heavy atom. The molecule has 0 atom stereocenters. The van der Waals surface area contributed by atoms with Gasteiger partial charge in [0.05, 0.1) is 17.9 Å². The number of esters is 1. The zero-order valence-corrected chi connectivity index (χ0v) is 20.9. The number of fused-ring (bicyclic) bond motifs is 1. The summed E-state index contributed by atoms with van der Waals surface area (Å²) in [6.07, 6.45) is 1.83. The molecule has 1 saturated heterocycles. The van der Waals surface area contributed by atoms with Gasteiger partial charge in [-0.1, -0.05) is 48.5 Å². The van der Waals surface area contributed by atoms with E-state index in [1.54, 1.807) is 19.1 Å². The Hall–Kier alpha value is -5.11. The standard InChI is InChI=1S/C31H23FN2O5/c1-2-39-30(37)21-12-14-24(15-13-21)34-29(36)27(28(35)33-31(34)38)18-26-22(16-19-6-5-8-23(32)17-19)11-10-20-7-3-4-9-25(20)26/h3-15,17-18H,2,16H2,1H3,(H,33,35,38)/b27-18+. The number of hydrogen-bond donors (Lipinski definition) is 1. The fourth-order valence-electron chi connectivity index (χ4n) is 4.53. The third-order valence-electron chi connectivity index (χ3n) is 6.37. The van der Waals surface area contributed by atoms with Gasteiger partial charge in [0.1, 0.15) is 11.4 Å². The molecule has 1 fully saturated rings. The zero-order valence-electron chi connectivity index (χ0n) is 20.9. The lowest BCUT2D eigenvalue weighted by molar-refractivity contribution is -0.122. The van der Waals surface area contributed by atoms with Gasteiger partial charge in [-0.2, -0.15) is 0 Å². The van der Waals surface area contributed by atoms with Gasteiger partial charge in [-0.05, 0) is 83.3 Å². The molecule has 4 aromatic rings. The van der Waals surface area contributed by atoms with E-state index in [9.17, 15) is 23.6 Å². The summed E-state index contributed by atoms with van der Waals surface area (Å²) in [6, 6.07) is 22.4. The summed E-state index contributed by atoms with van der Waals surface area (Å²) in [5.74, 6) is -2.53. The van der Waals surface area contributed by atoms with Crippen LogP contribution in [0.25, 0.3) is 16.8 Å². The molecule has 0 bridgehead atoms. The highest BCUT2D eigenvalue weighted by Crippen LogP contribution is 2.29. The van der Waals surface area contributed by atoms with Gasteiger partial charge in [0.15, 0.2) is 0 Å². The monoisotopic (exact) mass is 522 g/mol. The molecule has 4 amide bonds. The van der Waals surface area contributed by atoms with Crippen LogP contribution in [-0.4, -0.2) is 30.4 Å². The number of nitrogens with one attached hydrogen (secondary N) is 1. The molecule has 0 unspecified atom stereocenters. The lowest BCUT2D eigenvalue weighted by Crippen LogP contribution is -2.54. The number of carbonyl (C=O) groups excluding carboxylic acids is 4. The highest BCUT2D eigenvalue weighted by atomic mass is 19.1. The molecule has 4 aromatic carbocycles. The molecular formula is C31H23FN2O5. The number of imide groups is 2. The number of anilines is 1. The number of nitrogens with zero attached hydrogens (tertiary/aromatic N) is 1. The maximum Gasteiger partial charge on any atom is 0.338 e. The number of barbiturate groups is 1. The molecule has 5 rings (SSSR count). The van der Waals surface area contributed by atoms with E-state index in [1.807, 2.05) is 36.4 Å². The zero-order chi connectivity index (χ0) is 27.5. The van der Waals surface area contributed by atoms with Crippen molar-refractivity contribution in [3.8, 4) is 0 Å². The Bertz CT molecular complexity index is 1660. The van der Waals surface area contributed by atoms with E-state index in [0.717, 1.165) is 26.8 Å². The predicted molar refractivity (Wildman–Crippen MR) is 145 cm³/mol.